The Kier molecular flexibility index (Phi) is 8.25. The number of fused-ring (bicyclic) bond motifs is 1. The third-order valence-corrected chi connectivity index (χ3v) is 8.28. The maximum Gasteiger partial charge on any atom is 0.228 e. The summed E-state index contributed by atoms with van der Waals surface area (Å²) in [4.78, 5) is 31.5. The van der Waals surface area contributed by atoms with E-state index in [4.69, 9.17) is 9.97 Å². The first-order valence-corrected chi connectivity index (χ1v) is 15.3. The van der Waals surface area contributed by atoms with E-state index in [1.807, 2.05) is 85.3 Å². The van der Waals surface area contributed by atoms with Crippen molar-refractivity contribution in [3.8, 4) is 22.3 Å². The molecule has 3 heterocycles. The zero-order valence-electron chi connectivity index (χ0n) is 25.0. The normalized spacial score (nSPS) is 13.6. The zero-order valence-corrected chi connectivity index (χ0v) is 25.0. The van der Waals surface area contributed by atoms with Gasteiger partial charge in [0.1, 0.15) is 5.82 Å². The maximum absolute atomic E-state index is 12.8. The summed E-state index contributed by atoms with van der Waals surface area (Å²) in [6, 6.07) is 36.7. The highest BCUT2D eigenvalue weighted by Gasteiger charge is 2.19. The first-order valence-electron chi connectivity index (χ1n) is 15.3. The van der Waals surface area contributed by atoms with Crippen molar-refractivity contribution in [3.05, 3.63) is 139 Å². The fourth-order valence-electron chi connectivity index (χ4n) is 5.80. The Morgan fingerprint density at radius 1 is 0.667 bits per heavy atom. The summed E-state index contributed by atoms with van der Waals surface area (Å²) in [6.07, 6.45) is 5.96. The molecule has 1 fully saturated rings. The molecular weight excluding hydrogens is 556 g/mol. The molecule has 0 radical (unpaired) electrons. The molecule has 0 spiro atoms. The molecule has 1 aliphatic heterocycles. The lowest BCUT2D eigenvalue weighted by molar-refractivity contribution is -0.115. The summed E-state index contributed by atoms with van der Waals surface area (Å²) in [5.41, 5.74) is 9.17. The van der Waals surface area contributed by atoms with Crippen molar-refractivity contribution < 1.29 is 4.79 Å². The summed E-state index contributed by atoms with van der Waals surface area (Å²) in [5, 5.41) is 3.03. The molecular formula is C38H34N6O. The molecule has 7 heteroatoms. The molecule has 0 bridgehead atoms. The second-order valence-corrected chi connectivity index (χ2v) is 11.4. The fraction of sp³-hybridized carbons (Fsp3) is 0.158. The Morgan fingerprint density at radius 2 is 1.38 bits per heavy atom. The van der Waals surface area contributed by atoms with Crippen LogP contribution in [0.1, 0.15) is 11.1 Å². The van der Waals surface area contributed by atoms with E-state index in [1.165, 1.54) is 11.1 Å². The Bertz CT molecular complexity index is 1890. The minimum atomic E-state index is -0.0402. The van der Waals surface area contributed by atoms with Crippen molar-refractivity contribution in [1.29, 1.82) is 0 Å². The number of aromatic nitrogens is 3. The largest absolute Gasteiger partial charge is 0.353 e. The summed E-state index contributed by atoms with van der Waals surface area (Å²) in [7, 11) is 0. The van der Waals surface area contributed by atoms with E-state index in [0.717, 1.165) is 77.5 Å². The van der Waals surface area contributed by atoms with Gasteiger partial charge in [0.05, 0.1) is 23.7 Å². The molecule has 222 valence electrons. The van der Waals surface area contributed by atoms with Crippen LogP contribution in [-0.2, 0) is 17.8 Å². The minimum Gasteiger partial charge on any atom is -0.353 e. The number of piperazine rings is 1. The quantitative estimate of drug-likeness (QED) is 0.209. The van der Waals surface area contributed by atoms with Gasteiger partial charge in [-0.1, -0.05) is 78.9 Å². The van der Waals surface area contributed by atoms with Gasteiger partial charge in [-0.15, -0.1) is 0 Å². The molecule has 0 atom stereocenters. The summed E-state index contributed by atoms with van der Waals surface area (Å²) >= 11 is 0. The predicted molar refractivity (Wildman–Crippen MR) is 181 cm³/mol. The third kappa shape index (κ3) is 6.89. The van der Waals surface area contributed by atoms with Gasteiger partial charge in [-0.05, 0) is 63.7 Å². The number of carbonyl (C=O) groups is 1. The topological polar surface area (TPSA) is 74.2 Å². The monoisotopic (exact) mass is 590 g/mol. The van der Waals surface area contributed by atoms with Crippen molar-refractivity contribution in [2.24, 2.45) is 0 Å². The van der Waals surface area contributed by atoms with Crippen LogP contribution < -0.4 is 10.2 Å². The number of hydrogen-bond donors (Lipinski definition) is 1. The molecule has 7 nitrogen and oxygen atoms in total. The number of amides is 1. The number of hydrogen-bond acceptors (Lipinski definition) is 6. The SMILES string of the molecule is O=C(Cc1ccc(-c2ccccc2)cc1)Nc1ccc(-c2ccc3ncc(N4CCN(Cc5cccnc5)CC4)nc3c2)cc1. The van der Waals surface area contributed by atoms with Crippen LogP contribution in [0.2, 0.25) is 0 Å². The number of benzene rings is 4. The molecule has 1 amide bonds. The number of rotatable bonds is 8. The van der Waals surface area contributed by atoms with E-state index >= 15 is 0 Å². The van der Waals surface area contributed by atoms with E-state index in [9.17, 15) is 4.79 Å². The van der Waals surface area contributed by atoms with Crippen LogP contribution >= 0.6 is 0 Å². The average Bonchev–Trinajstić information content (AvgIpc) is 3.10. The number of pyridine rings is 1. The van der Waals surface area contributed by atoms with Crippen LogP contribution in [0.15, 0.2) is 128 Å². The van der Waals surface area contributed by atoms with Gasteiger partial charge in [0, 0.05) is 50.8 Å². The molecule has 4 aromatic carbocycles. The van der Waals surface area contributed by atoms with Gasteiger partial charge in [0.2, 0.25) is 5.91 Å². The minimum absolute atomic E-state index is 0.0402. The zero-order chi connectivity index (χ0) is 30.4. The van der Waals surface area contributed by atoms with Crippen LogP contribution in [0.4, 0.5) is 11.5 Å². The van der Waals surface area contributed by atoms with E-state index in [0.29, 0.717) is 6.42 Å². The Morgan fingerprint density at radius 3 is 2.13 bits per heavy atom. The first kappa shape index (κ1) is 28.4. The number of anilines is 2. The van der Waals surface area contributed by atoms with Crippen molar-refractivity contribution in [3.63, 3.8) is 0 Å². The molecule has 1 saturated heterocycles. The van der Waals surface area contributed by atoms with Crippen molar-refractivity contribution in [2.75, 3.05) is 36.4 Å². The van der Waals surface area contributed by atoms with Gasteiger partial charge in [0.15, 0.2) is 0 Å². The van der Waals surface area contributed by atoms with Crippen LogP contribution in [0.25, 0.3) is 33.3 Å². The lowest BCUT2D eigenvalue weighted by Crippen LogP contribution is -2.46. The van der Waals surface area contributed by atoms with Crippen LogP contribution in [0, 0.1) is 0 Å². The standard InChI is InChI=1S/C38H34N6O/c45-38(23-28-8-10-31(11-9-28)30-6-2-1-3-7-30)41-34-15-12-32(13-16-34)33-14-17-35-36(24-33)42-37(26-40-35)44-21-19-43(20-22-44)27-29-5-4-18-39-25-29/h1-18,24-26H,19-23,27H2,(H,41,45). The molecule has 2 aromatic heterocycles. The van der Waals surface area contributed by atoms with Crippen molar-refractivity contribution in [2.45, 2.75) is 13.0 Å². The van der Waals surface area contributed by atoms with Gasteiger partial charge in [0.25, 0.3) is 0 Å². The molecule has 45 heavy (non-hydrogen) atoms. The molecule has 6 aromatic rings. The number of nitrogens with one attached hydrogen (secondary N) is 1. The van der Waals surface area contributed by atoms with Crippen LogP contribution in [0.3, 0.4) is 0 Å². The smallest absolute Gasteiger partial charge is 0.228 e. The highest BCUT2D eigenvalue weighted by atomic mass is 16.1. The summed E-state index contributed by atoms with van der Waals surface area (Å²) in [6.45, 7) is 4.68. The van der Waals surface area contributed by atoms with E-state index in [2.05, 4.69) is 62.6 Å². The van der Waals surface area contributed by atoms with Crippen molar-refractivity contribution >= 4 is 28.4 Å². The highest BCUT2D eigenvalue weighted by Crippen LogP contribution is 2.26. The second-order valence-electron chi connectivity index (χ2n) is 11.4. The van der Waals surface area contributed by atoms with Gasteiger partial charge in [-0.2, -0.15) is 0 Å². The molecule has 1 N–H and O–H groups in total. The third-order valence-electron chi connectivity index (χ3n) is 8.28. The van der Waals surface area contributed by atoms with Gasteiger partial charge >= 0.3 is 0 Å². The molecule has 7 rings (SSSR count). The van der Waals surface area contributed by atoms with Gasteiger partial charge in [-0.3, -0.25) is 19.7 Å². The van der Waals surface area contributed by atoms with E-state index < -0.39 is 0 Å². The van der Waals surface area contributed by atoms with Crippen LogP contribution in [-0.4, -0.2) is 51.9 Å². The lowest BCUT2D eigenvalue weighted by Gasteiger charge is -2.35. The Hall–Kier alpha value is -5.40. The fourth-order valence-corrected chi connectivity index (χ4v) is 5.80. The van der Waals surface area contributed by atoms with Gasteiger partial charge in [-0.25, -0.2) is 4.98 Å². The molecule has 1 aliphatic rings. The summed E-state index contributed by atoms with van der Waals surface area (Å²) < 4.78 is 0. The predicted octanol–water partition coefficient (Wildman–Crippen LogP) is 6.86. The Balaban J connectivity index is 0.968. The van der Waals surface area contributed by atoms with E-state index in [-0.39, 0.29) is 5.91 Å². The highest BCUT2D eigenvalue weighted by molar-refractivity contribution is 5.92. The average molecular weight is 591 g/mol. The van der Waals surface area contributed by atoms with E-state index in [1.54, 1.807) is 0 Å². The lowest BCUT2D eigenvalue weighted by atomic mass is 10.0. The summed E-state index contributed by atoms with van der Waals surface area (Å²) in [5.74, 6) is 0.870. The Labute approximate surface area is 263 Å². The number of nitrogens with zero attached hydrogens (tertiary/aromatic N) is 5. The van der Waals surface area contributed by atoms with Crippen LogP contribution in [0.5, 0.6) is 0 Å². The first-order chi connectivity index (χ1) is 22.2. The molecule has 0 unspecified atom stereocenters. The maximum atomic E-state index is 12.8. The van der Waals surface area contributed by atoms with Gasteiger partial charge < -0.3 is 10.2 Å². The number of carbonyl (C=O) groups excluding carboxylic acids is 1. The second kappa shape index (κ2) is 13.1. The molecule has 0 saturated carbocycles. The van der Waals surface area contributed by atoms with Crippen molar-refractivity contribution in [1.82, 2.24) is 19.9 Å². The molecule has 0 aliphatic carbocycles.